The standard InChI is InChI=1S/C27H35ClF3N3O7S/c1-7-25(34-42(38)24(3,4)5)14-41-21-17(25)11-20(33-22(21)28)26(37,27(29,30)31)13-32-23(36)16-8-9-18(19(10-16)39-6)40-12-15(2)35/h8-11,15,34-35,37H,7,12-14H2,1-6H3,(H,32,36)/t15-,25+,26?,42?/m1/s1. The van der Waals surface area contributed by atoms with Crippen LogP contribution in [0.2, 0.25) is 5.15 Å². The first-order valence-corrected chi connectivity index (χ1v) is 14.5. The Hall–Kier alpha value is -2.65. The van der Waals surface area contributed by atoms with Crippen LogP contribution in [-0.2, 0) is 22.1 Å². The molecule has 42 heavy (non-hydrogen) atoms. The zero-order chi connectivity index (χ0) is 31.7. The number of aromatic nitrogens is 1. The van der Waals surface area contributed by atoms with Crippen molar-refractivity contribution in [2.24, 2.45) is 0 Å². The van der Waals surface area contributed by atoms with E-state index in [1.165, 1.54) is 32.2 Å². The van der Waals surface area contributed by atoms with Gasteiger partial charge in [0, 0.05) is 11.1 Å². The van der Waals surface area contributed by atoms with Crippen LogP contribution >= 0.6 is 11.6 Å². The number of carbonyl (C=O) groups excluding carboxylic acids is 1. The van der Waals surface area contributed by atoms with E-state index in [0.717, 1.165) is 6.07 Å². The average molecular weight is 638 g/mol. The van der Waals surface area contributed by atoms with Crippen LogP contribution in [0.4, 0.5) is 13.2 Å². The number of methoxy groups -OCH3 is 1. The maximum Gasteiger partial charge on any atom is 0.424 e. The van der Waals surface area contributed by atoms with Crippen LogP contribution in [0.1, 0.15) is 62.7 Å². The summed E-state index contributed by atoms with van der Waals surface area (Å²) >= 11 is 6.25. The van der Waals surface area contributed by atoms with Crippen LogP contribution < -0.4 is 24.2 Å². The van der Waals surface area contributed by atoms with Gasteiger partial charge in [-0.1, -0.05) is 18.5 Å². The van der Waals surface area contributed by atoms with Gasteiger partial charge in [0.2, 0.25) is 5.60 Å². The van der Waals surface area contributed by atoms with E-state index in [1.807, 2.05) is 0 Å². The van der Waals surface area contributed by atoms with E-state index in [2.05, 4.69) is 15.0 Å². The first kappa shape index (κ1) is 33.8. The van der Waals surface area contributed by atoms with Gasteiger partial charge in [-0.2, -0.15) is 13.2 Å². The fraction of sp³-hybridized carbons (Fsp3) is 0.556. The Morgan fingerprint density at radius 1 is 1.26 bits per heavy atom. The Morgan fingerprint density at radius 3 is 2.48 bits per heavy atom. The van der Waals surface area contributed by atoms with Crippen molar-refractivity contribution < 1.29 is 46.6 Å². The van der Waals surface area contributed by atoms with Gasteiger partial charge in [0.15, 0.2) is 22.4 Å². The minimum absolute atomic E-state index is 0.0132. The lowest BCUT2D eigenvalue weighted by Gasteiger charge is -2.33. The SMILES string of the molecule is CC[C@]1(NS(=O)C(C)(C)C)COc2c1cc(C(O)(CNC(=O)c1ccc(OC[C@@H](C)O)c(OC)c1)C(F)(F)F)nc2Cl. The lowest BCUT2D eigenvalue weighted by molar-refractivity contribution is -0.265. The van der Waals surface area contributed by atoms with Crippen molar-refractivity contribution in [3.8, 4) is 17.2 Å². The predicted octanol–water partition coefficient (Wildman–Crippen LogP) is 3.73. The van der Waals surface area contributed by atoms with Crippen molar-refractivity contribution in [3.05, 3.63) is 46.2 Å². The minimum atomic E-state index is -5.29. The van der Waals surface area contributed by atoms with Gasteiger partial charge in [0.1, 0.15) is 13.2 Å². The summed E-state index contributed by atoms with van der Waals surface area (Å²) in [6.07, 6.45) is -5.80. The van der Waals surface area contributed by atoms with E-state index >= 15 is 0 Å². The lowest BCUT2D eigenvalue weighted by Crippen LogP contribution is -2.52. The number of benzene rings is 1. The van der Waals surface area contributed by atoms with Gasteiger partial charge in [-0.25, -0.2) is 13.9 Å². The van der Waals surface area contributed by atoms with Gasteiger partial charge in [-0.15, -0.1) is 0 Å². The number of hydrogen-bond donors (Lipinski definition) is 4. The molecule has 1 aliphatic heterocycles. The summed E-state index contributed by atoms with van der Waals surface area (Å²) in [6, 6.07) is 4.92. The summed E-state index contributed by atoms with van der Waals surface area (Å²) in [5.74, 6) is -0.614. The zero-order valence-corrected chi connectivity index (χ0v) is 25.6. The van der Waals surface area contributed by atoms with Crippen molar-refractivity contribution in [1.82, 2.24) is 15.0 Å². The number of nitrogens with zero attached hydrogens (tertiary/aromatic N) is 1. The monoisotopic (exact) mass is 637 g/mol. The molecule has 0 spiro atoms. The van der Waals surface area contributed by atoms with Crippen molar-refractivity contribution in [3.63, 3.8) is 0 Å². The topological polar surface area (TPSA) is 139 Å². The number of halogens is 4. The molecule has 0 saturated carbocycles. The number of nitrogens with one attached hydrogen (secondary N) is 2. The van der Waals surface area contributed by atoms with Gasteiger partial charge < -0.3 is 29.7 Å². The number of aliphatic hydroxyl groups is 2. The van der Waals surface area contributed by atoms with Crippen LogP contribution in [-0.4, -0.2) is 69.2 Å². The Labute approximate surface area is 249 Å². The van der Waals surface area contributed by atoms with Crippen LogP contribution in [0.5, 0.6) is 17.2 Å². The molecule has 0 aliphatic carbocycles. The molecule has 3 rings (SSSR count). The molecule has 1 aromatic heterocycles. The molecule has 4 atom stereocenters. The highest BCUT2D eigenvalue weighted by Crippen LogP contribution is 2.47. The van der Waals surface area contributed by atoms with Gasteiger partial charge in [-0.3, -0.25) is 4.79 Å². The highest BCUT2D eigenvalue weighted by Gasteiger charge is 2.57. The molecule has 1 aliphatic rings. The second kappa shape index (κ2) is 12.5. The number of fused-ring (bicyclic) bond motifs is 1. The van der Waals surface area contributed by atoms with Crippen molar-refractivity contribution in [2.75, 3.05) is 26.9 Å². The van der Waals surface area contributed by atoms with Crippen LogP contribution in [0.25, 0.3) is 0 Å². The third kappa shape index (κ3) is 6.94. The Morgan fingerprint density at radius 2 is 1.93 bits per heavy atom. The molecular weight excluding hydrogens is 603 g/mol. The predicted molar refractivity (Wildman–Crippen MR) is 150 cm³/mol. The summed E-state index contributed by atoms with van der Waals surface area (Å²) in [5, 5.41) is 22.2. The molecule has 15 heteroatoms. The number of carbonyl (C=O) groups is 1. The second-order valence-electron chi connectivity index (χ2n) is 10.9. The van der Waals surface area contributed by atoms with E-state index in [4.69, 9.17) is 25.8 Å². The number of rotatable bonds is 11. The number of amides is 1. The van der Waals surface area contributed by atoms with Crippen LogP contribution in [0.3, 0.4) is 0 Å². The fourth-order valence-electron chi connectivity index (χ4n) is 4.04. The summed E-state index contributed by atoms with van der Waals surface area (Å²) in [5.41, 5.74) is -5.63. The highest BCUT2D eigenvalue weighted by atomic mass is 35.5. The van der Waals surface area contributed by atoms with E-state index < -0.39 is 62.5 Å². The third-order valence-corrected chi connectivity index (χ3v) is 8.61. The zero-order valence-electron chi connectivity index (χ0n) is 24.0. The quantitative estimate of drug-likeness (QED) is 0.274. The van der Waals surface area contributed by atoms with E-state index in [1.54, 1.807) is 27.7 Å². The number of aliphatic hydroxyl groups excluding tert-OH is 1. The Balaban J connectivity index is 1.96. The maximum atomic E-state index is 14.5. The molecule has 4 N–H and O–H groups in total. The molecule has 0 radical (unpaired) electrons. The third-order valence-electron chi connectivity index (χ3n) is 6.66. The van der Waals surface area contributed by atoms with Crippen molar-refractivity contribution in [2.45, 2.75) is 69.2 Å². The molecule has 10 nitrogen and oxygen atoms in total. The fourth-order valence-corrected chi connectivity index (χ4v) is 5.27. The molecule has 1 aromatic carbocycles. The smallest absolute Gasteiger partial charge is 0.424 e. The summed E-state index contributed by atoms with van der Waals surface area (Å²) in [7, 11) is -0.322. The summed E-state index contributed by atoms with van der Waals surface area (Å²) in [4.78, 5) is 16.7. The molecule has 2 unspecified atom stereocenters. The number of ether oxygens (including phenoxy) is 3. The molecule has 1 amide bonds. The normalized spacial score (nSPS) is 19.7. The maximum absolute atomic E-state index is 14.5. The first-order valence-electron chi connectivity index (χ1n) is 13.0. The van der Waals surface area contributed by atoms with Crippen LogP contribution in [0, 0.1) is 0 Å². The summed E-state index contributed by atoms with van der Waals surface area (Å²) in [6.45, 7) is 7.02. The van der Waals surface area contributed by atoms with Gasteiger partial charge in [0.25, 0.3) is 5.91 Å². The van der Waals surface area contributed by atoms with Gasteiger partial charge >= 0.3 is 6.18 Å². The van der Waals surface area contributed by atoms with E-state index in [9.17, 15) is 32.4 Å². The number of pyridine rings is 1. The van der Waals surface area contributed by atoms with Gasteiger partial charge in [-0.05, 0) is 58.4 Å². The van der Waals surface area contributed by atoms with Crippen LogP contribution in [0.15, 0.2) is 24.3 Å². The first-order chi connectivity index (χ1) is 19.4. The minimum Gasteiger partial charge on any atom is -0.493 e. The lowest BCUT2D eigenvalue weighted by atomic mass is 9.88. The molecule has 234 valence electrons. The number of alkyl halides is 3. The molecule has 2 aromatic rings. The average Bonchev–Trinajstić information content (AvgIpc) is 3.27. The molecular formula is C27H35ClF3N3O7S. The van der Waals surface area contributed by atoms with Crippen molar-refractivity contribution in [1.29, 1.82) is 0 Å². The largest absolute Gasteiger partial charge is 0.493 e. The molecule has 0 saturated heterocycles. The number of hydrogen-bond acceptors (Lipinski definition) is 8. The van der Waals surface area contributed by atoms with Gasteiger partial charge in [0.05, 0.1) is 46.7 Å². The Kier molecular flexibility index (Phi) is 10.1. The van der Waals surface area contributed by atoms with E-state index in [-0.39, 0.29) is 48.0 Å². The van der Waals surface area contributed by atoms with E-state index in [0.29, 0.717) is 0 Å². The highest BCUT2D eigenvalue weighted by molar-refractivity contribution is 7.84. The second-order valence-corrected chi connectivity index (χ2v) is 13.3. The summed E-state index contributed by atoms with van der Waals surface area (Å²) < 4.78 is 74.8. The molecule has 0 fully saturated rings. The molecule has 0 bridgehead atoms. The Bertz CT molecular complexity index is 1340. The molecule has 2 heterocycles. The van der Waals surface area contributed by atoms with Crippen molar-refractivity contribution >= 4 is 28.5 Å².